The lowest BCUT2D eigenvalue weighted by Gasteiger charge is -2.15. The van der Waals surface area contributed by atoms with Crippen LogP contribution >= 0.6 is 0 Å². The van der Waals surface area contributed by atoms with Gasteiger partial charge in [0.2, 0.25) is 5.78 Å². The van der Waals surface area contributed by atoms with Gasteiger partial charge in [-0.2, -0.15) is 0 Å². The second kappa shape index (κ2) is 4.95. The minimum absolute atomic E-state index is 0.160. The van der Waals surface area contributed by atoms with E-state index in [2.05, 4.69) is 0 Å². The van der Waals surface area contributed by atoms with Gasteiger partial charge in [0, 0.05) is 17.2 Å². The lowest BCUT2D eigenvalue weighted by Crippen LogP contribution is -2.18. The summed E-state index contributed by atoms with van der Waals surface area (Å²) in [5.41, 5.74) is 0.895. The van der Waals surface area contributed by atoms with Gasteiger partial charge in [-0.25, -0.2) is 0 Å². The third kappa shape index (κ3) is 2.28. The highest BCUT2D eigenvalue weighted by Crippen LogP contribution is 2.21. The van der Waals surface area contributed by atoms with Crippen molar-refractivity contribution in [3.63, 3.8) is 0 Å². The molecular weight excluding hydrogens is 216 g/mol. The smallest absolute Gasteiger partial charge is 0.228 e. The quantitative estimate of drug-likeness (QED) is 0.747. The van der Waals surface area contributed by atoms with E-state index in [-0.39, 0.29) is 17.3 Å². The molecule has 3 heteroatoms. The van der Waals surface area contributed by atoms with Gasteiger partial charge in [0.25, 0.3) is 0 Å². The predicted octanol–water partition coefficient (Wildman–Crippen LogP) is 2.77. The van der Waals surface area contributed by atoms with E-state index in [9.17, 15) is 9.59 Å². The first-order chi connectivity index (χ1) is 8.24. The minimum Gasteiger partial charge on any atom is -0.489 e. The molecule has 3 nitrogen and oxygen atoms in total. The number of carbonyl (C=O) groups is 2. The molecule has 0 fully saturated rings. The summed E-state index contributed by atoms with van der Waals surface area (Å²) in [5.74, 6) is -0.190. The molecule has 0 N–H and O–H groups in total. The third-order valence-electron chi connectivity index (χ3n) is 2.68. The van der Waals surface area contributed by atoms with Crippen LogP contribution in [0.5, 0.6) is 0 Å². The van der Waals surface area contributed by atoms with E-state index < -0.39 is 0 Å². The molecule has 0 atom stereocenters. The summed E-state index contributed by atoms with van der Waals surface area (Å²) >= 11 is 0. The molecular formula is C14H14O3. The largest absolute Gasteiger partial charge is 0.489 e. The topological polar surface area (TPSA) is 43.4 Å². The molecule has 0 saturated carbocycles. The Morgan fingerprint density at radius 1 is 1.12 bits per heavy atom. The molecule has 0 spiro atoms. The average Bonchev–Trinajstić information content (AvgIpc) is 2.36. The van der Waals surface area contributed by atoms with E-state index >= 15 is 0 Å². The molecule has 1 aromatic carbocycles. The second-order valence-corrected chi connectivity index (χ2v) is 3.95. The molecule has 0 heterocycles. The number of carbonyl (C=O) groups excluding carboxylic acids is 2. The number of ketones is 2. The summed E-state index contributed by atoms with van der Waals surface area (Å²) in [6.07, 6.45) is 3.16. The minimum atomic E-state index is -0.198. The maximum absolute atomic E-state index is 12.0. The first kappa shape index (κ1) is 11.6. The number of hydrogen-bond acceptors (Lipinski definition) is 3. The molecule has 0 unspecified atom stereocenters. The molecule has 17 heavy (non-hydrogen) atoms. The first-order valence-electron chi connectivity index (χ1n) is 5.76. The summed E-state index contributed by atoms with van der Waals surface area (Å²) in [6, 6.07) is 6.82. The number of hydrogen-bond donors (Lipinski definition) is 0. The van der Waals surface area contributed by atoms with Gasteiger partial charge >= 0.3 is 0 Å². The molecule has 2 rings (SSSR count). The van der Waals surface area contributed by atoms with Crippen LogP contribution in [-0.4, -0.2) is 18.2 Å². The Balaban J connectivity index is 2.23. The Bertz CT molecular complexity index is 486. The van der Waals surface area contributed by atoms with Gasteiger partial charge < -0.3 is 4.74 Å². The fraction of sp³-hybridized carbons (Fsp3) is 0.286. The van der Waals surface area contributed by atoms with E-state index in [1.807, 2.05) is 6.92 Å². The van der Waals surface area contributed by atoms with Gasteiger partial charge in [0.05, 0.1) is 6.61 Å². The van der Waals surface area contributed by atoms with Crippen LogP contribution in [0.4, 0.5) is 0 Å². The maximum Gasteiger partial charge on any atom is 0.228 e. The van der Waals surface area contributed by atoms with E-state index in [1.54, 1.807) is 24.3 Å². The van der Waals surface area contributed by atoms with Crippen LogP contribution in [0.25, 0.3) is 0 Å². The van der Waals surface area contributed by atoms with Gasteiger partial charge in [-0.3, -0.25) is 9.59 Å². The zero-order valence-electron chi connectivity index (χ0n) is 9.73. The summed E-state index contributed by atoms with van der Waals surface area (Å²) < 4.78 is 5.35. The zero-order valence-corrected chi connectivity index (χ0v) is 9.73. The van der Waals surface area contributed by atoms with E-state index in [1.165, 1.54) is 6.08 Å². The highest BCUT2D eigenvalue weighted by atomic mass is 16.5. The fourth-order valence-corrected chi connectivity index (χ4v) is 1.72. The van der Waals surface area contributed by atoms with E-state index in [4.69, 9.17) is 4.74 Å². The number of benzene rings is 1. The molecule has 0 radical (unpaired) electrons. The number of unbranched alkanes of at least 4 members (excludes halogenated alkanes) is 1. The normalized spacial score (nSPS) is 14.3. The summed E-state index contributed by atoms with van der Waals surface area (Å²) in [5, 5.41) is 0. The van der Waals surface area contributed by atoms with E-state index in [0.717, 1.165) is 12.8 Å². The highest BCUT2D eigenvalue weighted by molar-refractivity contribution is 6.23. The van der Waals surface area contributed by atoms with Gasteiger partial charge in [0.15, 0.2) is 11.5 Å². The van der Waals surface area contributed by atoms with Crippen LogP contribution in [0.3, 0.4) is 0 Å². The number of fused-ring (bicyclic) bond motifs is 1. The summed E-state index contributed by atoms with van der Waals surface area (Å²) in [4.78, 5) is 23.8. The lowest BCUT2D eigenvalue weighted by atomic mass is 9.94. The Kier molecular flexibility index (Phi) is 3.38. The third-order valence-corrected chi connectivity index (χ3v) is 2.68. The standard InChI is InChI=1S/C14H14O3/c1-2-3-8-17-13-9-12(15)10-6-4-5-7-11(10)14(13)16/h4-7,9H,2-3,8H2,1H3. The SMILES string of the molecule is CCCCOC1=CC(=O)c2ccccc2C1=O. The monoisotopic (exact) mass is 230 g/mol. The van der Waals surface area contributed by atoms with Crippen LogP contribution in [-0.2, 0) is 4.74 Å². The molecule has 0 saturated heterocycles. The zero-order chi connectivity index (χ0) is 12.3. The van der Waals surface area contributed by atoms with Gasteiger partial charge in [-0.15, -0.1) is 0 Å². The van der Waals surface area contributed by atoms with Gasteiger partial charge in [-0.05, 0) is 6.42 Å². The van der Waals surface area contributed by atoms with Crippen molar-refractivity contribution in [1.82, 2.24) is 0 Å². The van der Waals surface area contributed by atoms with Crippen LogP contribution in [0.1, 0.15) is 40.5 Å². The van der Waals surface area contributed by atoms with Crippen LogP contribution in [0.15, 0.2) is 36.1 Å². The second-order valence-electron chi connectivity index (χ2n) is 3.95. The Labute approximate surface area is 100 Å². The molecule has 88 valence electrons. The van der Waals surface area contributed by atoms with Crippen molar-refractivity contribution in [2.45, 2.75) is 19.8 Å². The number of allylic oxidation sites excluding steroid dienone is 2. The Morgan fingerprint density at radius 3 is 2.53 bits per heavy atom. The molecule has 1 aliphatic carbocycles. The lowest BCUT2D eigenvalue weighted by molar-refractivity contribution is 0.0880. The number of Topliss-reactive ketones (excluding diaryl/α,β-unsaturated/α-hetero) is 1. The summed E-state index contributed by atoms with van der Waals surface area (Å²) in [6.45, 7) is 2.52. The maximum atomic E-state index is 12.0. The van der Waals surface area contributed by atoms with Crippen molar-refractivity contribution in [3.8, 4) is 0 Å². The fourth-order valence-electron chi connectivity index (χ4n) is 1.72. The van der Waals surface area contributed by atoms with Crippen LogP contribution < -0.4 is 0 Å². The predicted molar refractivity (Wildman–Crippen MR) is 64.0 cm³/mol. The van der Waals surface area contributed by atoms with Crippen molar-refractivity contribution in [3.05, 3.63) is 47.2 Å². The molecule has 1 aliphatic rings. The van der Waals surface area contributed by atoms with E-state index in [0.29, 0.717) is 17.7 Å². The number of ether oxygens (including phenoxy) is 1. The van der Waals surface area contributed by atoms with Crippen molar-refractivity contribution in [1.29, 1.82) is 0 Å². The number of rotatable bonds is 4. The van der Waals surface area contributed by atoms with Crippen molar-refractivity contribution in [2.75, 3.05) is 6.61 Å². The van der Waals surface area contributed by atoms with Crippen LogP contribution in [0.2, 0.25) is 0 Å². The van der Waals surface area contributed by atoms with Crippen molar-refractivity contribution in [2.24, 2.45) is 0 Å². The van der Waals surface area contributed by atoms with Gasteiger partial charge in [0.1, 0.15) is 0 Å². The van der Waals surface area contributed by atoms with Crippen LogP contribution in [0, 0.1) is 0 Å². The van der Waals surface area contributed by atoms with Gasteiger partial charge in [-0.1, -0.05) is 37.6 Å². The Hall–Kier alpha value is -1.90. The summed E-state index contributed by atoms with van der Waals surface area (Å²) in [7, 11) is 0. The molecule has 0 aliphatic heterocycles. The average molecular weight is 230 g/mol. The first-order valence-corrected chi connectivity index (χ1v) is 5.76. The highest BCUT2D eigenvalue weighted by Gasteiger charge is 2.25. The molecule has 0 amide bonds. The van der Waals surface area contributed by atoms with Crippen molar-refractivity contribution >= 4 is 11.6 Å². The van der Waals surface area contributed by atoms with Crippen molar-refractivity contribution < 1.29 is 14.3 Å². The Morgan fingerprint density at radius 2 is 1.82 bits per heavy atom. The molecule has 0 bridgehead atoms. The molecule has 1 aromatic rings. The molecule has 0 aromatic heterocycles.